The van der Waals surface area contributed by atoms with Crippen molar-refractivity contribution in [1.82, 2.24) is 14.3 Å². The van der Waals surface area contributed by atoms with Crippen LogP contribution in [0.25, 0.3) is 0 Å². The molecule has 11 heteroatoms. The van der Waals surface area contributed by atoms with Gasteiger partial charge in [-0.25, -0.2) is 13.8 Å². The minimum atomic E-state index is -3.90. The molecule has 1 heterocycles. The number of hydrogen-bond acceptors (Lipinski definition) is 4. The van der Waals surface area contributed by atoms with Crippen LogP contribution in [0.4, 0.5) is 8.78 Å². The lowest BCUT2D eigenvalue weighted by molar-refractivity contribution is -0.172. The zero-order chi connectivity index (χ0) is 18.3. The van der Waals surface area contributed by atoms with Crippen molar-refractivity contribution in [3.63, 3.8) is 0 Å². The normalized spacial score (nSPS) is 25.8. The van der Waals surface area contributed by atoms with Gasteiger partial charge in [0.25, 0.3) is 11.8 Å². The second-order valence-corrected chi connectivity index (χ2v) is 7.91. The van der Waals surface area contributed by atoms with E-state index in [1.165, 1.54) is 19.1 Å². The first-order valence-corrected chi connectivity index (χ1v) is 8.81. The van der Waals surface area contributed by atoms with Crippen LogP contribution >= 0.6 is 0 Å². The molecule has 138 valence electrons. The molecule has 0 unspecified atom stereocenters. The number of rotatable bonds is 5. The van der Waals surface area contributed by atoms with Crippen LogP contribution in [0.2, 0.25) is 0 Å². The average Bonchev–Trinajstić information content (AvgIpc) is 2.98. The number of hydroxylamine groups is 2. The Bertz CT molecular complexity index is 630. The predicted molar refractivity (Wildman–Crippen MR) is 82.6 cm³/mol. The lowest BCUT2D eigenvalue weighted by atomic mass is 9.91. The molecule has 1 aliphatic heterocycles. The number of nitrogens with zero attached hydrogens (tertiary/aromatic N) is 4. The van der Waals surface area contributed by atoms with Crippen LogP contribution in [0.1, 0.15) is 12.8 Å². The third-order valence-corrected chi connectivity index (χ3v) is 6.06. The van der Waals surface area contributed by atoms with Crippen LogP contribution in [-0.4, -0.2) is 82.2 Å². The molecular formula is C13H22F2N4O4S. The molecule has 1 amide bonds. The first-order valence-electron chi connectivity index (χ1n) is 7.41. The van der Waals surface area contributed by atoms with Gasteiger partial charge in [0.1, 0.15) is 12.3 Å². The number of hydrogen-bond donors (Lipinski definition) is 0. The summed E-state index contributed by atoms with van der Waals surface area (Å²) in [5.74, 6) is -5.41. The summed E-state index contributed by atoms with van der Waals surface area (Å²) in [5, 5.41) is 0.790. The summed E-state index contributed by atoms with van der Waals surface area (Å²) in [5.41, 5.74) is -1.49. The van der Waals surface area contributed by atoms with Crippen molar-refractivity contribution in [2.24, 2.45) is 15.7 Å². The van der Waals surface area contributed by atoms with E-state index in [1.54, 1.807) is 14.1 Å². The number of carbonyl (C=O) groups is 1. The molecule has 2 fully saturated rings. The van der Waals surface area contributed by atoms with Gasteiger partial charge in [-0.2, -0.15) is 12.7 Å². The van der Waals surface area contributed by atoms with E-state index in [-0.39, 0.29) is 25.9 Å². The standard InChI is InChI=1S/C13H22F2N4O4S/c1-17(2)9-16-24(21,22)19-7-5-12(6-8-19)10(13(12,14)15)11(20)18(3)23-4/h9-10H,5-8H2,1-4H3/t10-/m0/s1. The Morgan fingerprint density at radius 1 is 1.29 bits per heavy atom. The van der Waals surface area contributed by atoms with E-state index >= 15 is 0 Å². The molecule has 24 heavy (non-hydrogen) atoms. The number of halogens is 2. The molecule has 2 rings (SSSR count). The fraction of sp³-hybridized carbons (Fsp3) is 0.846. The smallest absolute Gasteiger partial charge is 0.323 e. The second-order valence-electron chi connectivity index (χ2n) is 6.29. The molecule has 1 saturated carbocycles. The molecule has 0 radical (unpaired) electrons. The quantitative estimate of drug-likeness (QED) is 0.393. The average molecular weight is 368 g/mol. The third kappa shape index (κ3) is 3.00. The van der Waals surface area contributed by atoms with Crippen molar-refractivity contribution in [2.45, 2.75) is 18.8 Å². The molecule has 0 bridgehead atoms. The van der Waals surface area contributed by atoms with Gasteiger partial charge in [0.2, 0.25) is 0 Å². The van der Waals surface area contributed by atoms with Gasteiger partial charge in [0.15, 0.2) is 0 Å². The van der Waals surface area contributed by atoms with E-state index in [9.17, 15) is 22.0 Å². The summed E-state index contributed by atoms with van der Waals surface area (Å²) in [6.45, 7) is -0.188. The highest BCUT2D eigenvalue weighted by atomic mass is 32.2. The van der Waals surface area contributed by atoms with E-state index in [4.69, 9.17) is 4.84 Å². The van der Waals surface area contributed by atoms with Crippen LogP contribution in [0.15, 0.2) is 4.40 Å². The predicted octanol–water partition coefficient (Wildman–Crippen LogP) is 0.188. The molecule has 8 nitrogen and oxygen atoms in total. The Labute approximate surface area is 140 Å². The molecule has 1 atom stereocenters. The van der Waals surface area contributed by atoms with E-state index in [1.807, 2.05) is 0 Å². The molecular weight excluding hydrogens is 346 g/mol. The summed E-state index contributed by atoms with van der Waals surface area (Å²) < 4.78 is 57.2. The largest absolute Gasteiger partial charge is 0.368 e. The fourth-order valence-electron chi connectivity index (χ4n) is 3.13. The van der Waals surface area contributed by atoms with Gasteiger partial charge < -0.3 is 4.90 Å². The minimum Gasteiger partial charge on any atom is -0.368 e. The van der Waals surface area contributed by atoms with Gasteiger partial charge in [0.05, 0.1) is 12.5 Å². The molecule has 1 aliphatic carbocycles. The highest BCUT2D eigenvalue weighted by Gasteiger charge is 2.83. The molecule has 1 spiro atoms. The Hall–Kier alpha value is -1.33. The van der Waals surface area contributed by atoms with Crippen LogP contribution in [0, 0.1) is 11.3 Å². The van der Waals surface area contributed by atoms with Crippen molar-refractivity contribution in [2.75, 3.05) is 41.3 Å². The lowest BCUT2D eigenvalue weighted by Gasteiger charge is -2.30. The summed E-state index contributed by atoms with van der Waals surface area (Å²) in [6.07, 6.45) is 0.959. The Balaban J connectivity index is 2.09. The molecule has 0 aromatic rings. The van der Waals surface area contributed by atoms with Gasteiger partial charge in [-0.15, -0.1) is 4.40 Å². The summed E-state index contributed by atoms with van der Waals surface area (Å²) >= 11 is 0. The number of alkyl halides is 2. The molecule has 0 aromatic heterocycles. The summed E-state index contributed by atoms with van der Waals surface area (Å²) in [7, 11) is 1.85. The zero-order valence-corrected chi connectivity index (χ0v) is 14.9. The Morgan fingerprint density at radius 2 is 1.83 bits per heavy atom. The van der Waals surface area contributed by atoms with E-state index < -0.39 is 33.4 Å². The highest BCUT2D eigenvalue weighted by Crippen LogP contribution is 2.71. The topological polar surface area (TPSA) is 82.5 Å². The highest BCUT2D eigenvalue weighted by molar-refractivity contribution is 7.87. The summed E-state index contributed by atoms with van der Waals surface area (Å²) in [4.78, 5) is 18.2. The van der Waals surface area contributed by atoms with Crippen molar-refractivity contribution >= 4 is 22.5 Å². The monoisotopic (exact) mass is 368 g/mol. The van der Waals surface area contributed by atoms with Gasteiger partial charge in [-0.3, -0.25) is 9.63 Å². The molecule has 1 saturated heterocycles. The van der Waals surface area contributed by atoms with Crippen LogP contribution in [-0.2, 0) is 19.8 Å². The van der Waals surface area contributed by atoms with E-state index in [2.05, 4.69) is 4.40 Å². The van der Waals surface area contributed by atoms with Gasteiger partial charge in [-0.1, -0.05) is 0 Å². The Kier molecular flexibility index (Phi) is 4.90. The van der Waals surface area contributed by atoms with Gasteiger partial charge >= 0.3 is 10.2 Å². The van der Waals surface area contributed by atoms with Crippen molar-refractivity contribution < 1.29 is 26.8 Å². The maximum Gasteiger partial charge on any atom is 0.323 e. The van der Waals surface area contributed by atoms with Gasteiger partial charge in [0, 0.05) is 34.2 Å². The summed E-state index contributed by atoms with van der Waals surface area (Å²) in [6, 6.07) is 0. The molecule has 0 N–H and O–H groups in total. The zero-order valence-electron chi connectivity index (χ0n) is 14.1. The number of amides is 1. The van der Waals surface area contributed by atoms with Crippen molar-refractivity contribution in [3.8, 4) is 0 Å². The van der Waals surface area contributed by atoms with E-state index in [0.29, 0.717) is 0 Å². The third-order valence-electron chi connectivity index (χ3n) is 4.68. The number of piperidine rings is 1. The SMILES string of the molecule is CON(C)C(=O)[C@@H]1C(F)(F)C12CCN(S(=O)(=O)N=CN(C)C)CC2. The molecule has 2 aliphatic rings. The maximum absolute atomic E-state index is 14.3. The van der Waals surface area contributed by atoms with E-state index in [0.717, 1.165) is 15.7 Å². The Morgan fingerprint density at radius 3 is 2.29 bits per heavy atom. The molecule has 0 aromatic carbocycles. The number of carbonyl (C=O) groups excluding carboxylic acids is 1. The van der Waals surface area contributed by atoms with Crippen LogP contribution < -0.4 is 0 Å². The van der Waals surface area contributed by atoms with Crippen molar-refractivity contribution in [3.05, 3.63) is 0 Å². The first kappa shape index (κ1) is 19.0. The second kappa shape index (κ2) is 6.19. The first-order chi connectivity index (χ1) is 11.0. The van der Waals surface area contributed by atoms with Gasteiger partial charge in [-0.05, 0) is 12.8 Å². The fourth-order valence-corrected chi connectivity index (χ4v) is 4.22. The van der Waals surface area contributed by atoms with Crippen LogP contribution in [0.3, 0.4) is 0 Å². The lowest BCUT2D eigenvalue weighted by Crippen LogP contribution is -2.40. The maximum atomic E-state index is 14.3. The van der Waals surface area contributed by atoms with Crippen molar-refractivity contribution in [1.29, 1.82) is 0 Å². The van der Waals surface area contributed by atoms with Crippen LogP contribution in [0.5, 0.6) is 0 Å². The minimum absolute atomic E-state index is 0.0926.